The van der Waals surface area contributed by atoms with E-state index in [4.69, 9.17) is 4.42 Å². The highest BCUT2D eigenvalue weighted by Crippen LogP contribution is 2.18. The lowest BCUT2D eigenvalue weighted by Crippen LogP contribution is -2.17. The molecule has 0 saturated carbocycles. The summed E-state index contributed by atoms with van der Waals surface area (Å²) in [6.45, 7) is 4.64. The van der Waals surface area contributed by atoms with Crippen molar-refractivity contribution < 1.29 is 9.34 Å². The first kappa shape index (κ1) is 14.3. The van der Waals surface area contributed by atoms with E-state index in [0.717, 1.165) is 6.42 Å². The molecule has 5 nitrogen and oxygen atoms in total. The van der Waals surface area contributed by atoms with Gasteiger partial charge in [-0.25, -0.2) is 0 Å². The van der Waals surface area contributed by atoms with Crippen LogP contribution in [0.25, 0.3) is 0 Å². The van der Waals surface area contributed by atoms with Crippen LogP contribution in [0.1, 0.15) is 36.8 Å². The fourth-order valence-electron chi connectivity index (χ4n) is 1.97. The highest BCUT2D eigenvalue weighted by atomic mass is 16.6. The molecule has 0 aliphatic rings. The van der Waals surface area contributed by atoms with Gasteiger partial charge in [-0.15, -0.1) is 0 Å². The third kappa shape index (κ3) is 3.45. The molecule has 1 aromatic carbocycles. The van der Waals surface area contributed by atoms with Crippen LogP contribution in [0, 0.1) is 10.1 Å². The SMILES string of the molecule is CCc1ccc(C(C)NCc2ccc([N+](=O)[O-])o2)cc1. The third-order valence-electron chi connectivity index (χ3n) is 3.30. The average Bonchev–Trinajstić information content (AvgIpc) is 2.94. The van der Waals surface area contributed by atoms with Gasteiger partial charge in [0.05, 0.1) is 12.6 Å². The van der Waals surface area contributed by atoms with Gasteiger partial charge in [-0.05, 0) is 30.5 Å². The number of nitrogens with zero attached hydrogens (tertiary/aromatic N) is 1. The molecule has 0 saturated heterocycles. The van der Waals surface area contributed by atoms with Crippen molar-refractivity contribution in [2.45, 2.75) is 32.9 Å². The maximum atomic E-state index is 10.5. The molecule has 0 amide bonds. The smallest absolute Gasteiger partial charge is 0.404 e. The Morgan fingerprint density at radius 2 is 1.95 bits per heavy atom. The van der Waals surface area contributed by atoms with Crippen molar-refractivity contribution in [2.75, 3.05) is 0 Å². The van der Waals surface area contributed by atoms with Crippen LogP contribution in [0.4, 0.5) is 5.88 Å². The zero-order valence-electron chi connectivity index (χ0n) is 11.6. The standard InChI is InChI=1S/C15H18N2O3/c1-3-12-4-6-13(7-5-12)11(2)16-10-14-8-9-15(20-14)17(18)19/h4-9,11,16H,3,10H2,1-2H3. The van der Waals surface area contributed by atoms with Crippen LogP contribution >= 0.6 is 0 Å². The number of hydrogen-bond donors (Lipinski definition) is 1. The van der Waals surface area contributed by atoms with Crippen LogP contribution < -0.4 is 5.32 Å². The molecule has 0 spiro atoms. The van der Waals surface area contributed by atoms with Gasteiger partial charge in [0.15, 0.2) is 0 Å². The lowest BCUT2D eigenvalue weighted by Gasteiger charge is -2.13. The maximum Gasteiger partial charge on any atom is 0.433 e. The molecule has 0 fully saturated rings. The second-order valence-corrected chi connectivity index (χ2v) is 4.69. The predicted molar refractivity (Wildman–Crippen MR) is 76.4 cm³/mol. The van der Waals surface area contributed by atoms with Crippen molar-refractivity contribution in [3.05, 3.63) is 63.4 Å². The predicted octanol–water partition coefficient (Wildman–Crippen LogP) is 3.60. The van der Waals surface area contributed by atoms with E-state index >= 15 is 0 Å². The summed E-state index contributed by atoms with van der Waals surface area (Å²) >= 11 is 0. The molecule has 1 unspecified atom stereocenters. The number of rotatable bonds is 6. The van der Waals surface area contributed by atoms with Crippen LogP contribution in [0.5, 0.6) is 0 Å². The van der Waals surface area contributed by atoms with E-state index in [2.05, 4.69) is 43.4 Å². The summed E-state index contributed by atoms with van der Waals surface area (Å²) in [7, 11) is 0. The normalized spacial score (nSPS) is 12.3. The number of nitro groups is 1. The monoisotopic (exact) mass is 274 g/mol. The highest BCUT2D eigenvalue weighted by Gasteiger charge is 2.12. The fourth-order valence-corrected chi connectivity index (χ4v) is 1.97. The second kappa shape index (κ2) is 6.34. The molecule has 0 aliphatic heterocycles. The zero-order chi connectivity index (χ0) is 14.5. The first-order valence-corrected chi connectivity index (χ1v) is 6.65. The van der Waals surface area contributed by atoms with Crippen molar-refractivity contribution in [3.8, 4) is 0 Å². The van der Waals surface area contributed by atoms with Crippen molar-refractivity contribution >= 4 is 5.88 Å². The number of nitrogens with one attached hydrogen (secondary N) is 1. The molecule has 1 aromatic heterocycles. The van der Waals surface area contributed by atoms with Gasteiger partial charge in [-0.3, -0.25) is 10.1 Å². The highest BCUT2D eigenvalue weighted by molar-refractivity contribution is 5.25. The van der Waals surface area contributed by atoms with Gasteiger partial charge < -0.3 is 9.73 Å². The Hall–Kier alpha value is -2.14. The van der Waals surface area contributed by atoms with Crippen molar-refractivity contribution in [2.24, 2.45) is 0 Å². The summed E-state index contributed by atoms with van der Waals surface area (Å²) < 4.78 is 5.11. The molecule has 20 heavy (non-hydrogen) atoms. The molecule has 2 rings (SSSR count). The maximum absolute atomic E-state index is 10.5. The van der Waals surface area contributed by atoms with Crippen molar-refractivity contribution in [3.63, 3.8) is 0 Å². The third-order valence-corrected chi connectivity index (χ3v) is 3.30. The van der Waals surface area contributed by atoms with E-state index in [-0.39, 0.29) is 11.9 Å². The summed E-state index contributed by atoms with van der Waals surface area (Å²) in [6.07, 6.45) is 1.03. The minimum atomic E-state index is -0.531. The van der Waals surface area contributed by atoms with Gasteiger partial charge in [0.25, 0.3) is 0 Å². The van der Waals surface area contributed by atoms with E-state index in [9.17, 15) is 10.1 Å². The van der Waals surface area contributed by atoms with Crippen LogP contribution in [0.15, 0.2) is 40.8 Å². The number of hydrogen-bond acceptors (Lipinski definition) is 4. The van der Waals surface area contributed by atoms with E-state index in [1.807, 2.05) is 0 Å². The van der Waals surface area contributed by atoms with Gasteiger partial charge >= 0.3 is 5.88 Å². The van der Waals surface area contributed by atoms with Gasteiger partial charge in [-0.1, -0.05) is 31.2 Å². The van der Waals surface area contributed by atoms with Gasteiger partial charge in [0.2, 0.25) is 0 Å². The van der Waals surface area contributed by atoms with E-state index in [0.29, 0.717) is 12.3 Å². The summed E-state index contributed by atoms with van der Waals surface area (Å²) in [4.78, 5) is 9.99. The summed E-state index contributed by atoms with van der Waals surface area (Å²) in [5.74, 6) is 0.343. The van der Waals surface area contributed by atoms with E-state index in [1.165, 1.54) is 17.2 Å². The summed E-state index contributed by atoms with van der Waals surface area (Å²) in [6, 6.07) is 11.6. The first-order chi connectivity index (χ1) is 9.60. The molecular weight excluding hydrogens is 256 g/mol. The van der Waals surface area contributed by atoms with Gasteiger partial charge in [0.1, 0.15) is 10.7 Å². The van der Waals surface area contributed by atoms with Crippen LogP contribution in [-0.2, 0) is 13.0 Å². The lowest BCUT2D eigenvalue weighted by atomic mass is 10.1. The minimum absolute atomic E-state index is 0.157. The zero-order valence-corrected chi connectivity index (χ0v) is 11.6. The van der Waals surface area contributed by atoms with Crippen molar-refractivity contribution in [1.29, 1.82) is 0 Å². The molecule has 0 radical (unpaired) electrons. The summed E-state index contributed by atoms with van der Waals surface area (Å²) in [5.41, 5.74) is 2.49. The molecular formula is C15H18N2O3. The average molecular weight is 274 g/mol. The Bertz CT molecular complexity index is 575. The Balaban J connectivity index is 1.93. The molecule has 0 bridgehead atoms. The van der Waals surface area contributed by atoms with E-state index < -0.39 is 4.92 Å². The van der Waals surface area contributed by atoms with E-state index in [1.54, 1.807) is 6.07 Å². The van der Waals surface area contributed by atoms with Crippen LogP contribution in [0.2, 0.25) is 0 Å². The Labute approximate surface area is 117 Å². The first-order valence-electron chi connectivity index (χ1n) is 6.65. The lowest BCUT2D eigenvalue weighted by molar-refractivity contribution is -0.402. The largest absolute Gasteiger partial charge is 0.433 e. The molecule has 0 aliphatic carbocycles. The fraction of sp³-hybridized carbons (Fsp3) is 0.333. The number of benzene rings is 1. The van der Waals surface area contributed by atoms with Crippen LogP contribution in [-0.4, -0.2) is 4.92 Å². The summed E-state index contributed by atoms with van der Waals surface area (Å²) in [5, 5.41) is 13.8. The Kier molecular flexibility index (Phi) is 4.53. The Morgan fingerprint density at radius 1 is 1.25 bits per heavy atom. The van der Waals surface area contributed by atoms with Gasteiger partial charge in [-0.2, -0.15) is 0 Å². The van der Waals surface area contributed by atoms with Crippen molar-refractivity contribution in [1.82, 2.24) is 5.32 Å². The number of aryl methyl sites for hydroxylation is 1. The molecule has 106 valence electrons. The molecule has 1 N–H and O–H groups in total. The molecule has 1 heterocycles. The molecule has 5 heteroatoms. The molecule has 1 atom stereocenters. The molecule has 2 aromatic rings. The minimum Gasteiger partial charge on any atom is -0.404 e. The quantitative estimate of drug-likeness (QED) is 0.645. The Morgan fingerprint density at radius 3 is 2.50 bits per heavy atom. The number of furan rings is 1. The van der Waals surface area contributed by atoms with Crippen LogP contribution in [0.3, 0.4) is 0 Å². The van der Waals surface area contributed by atoms with Gasteiger partial charge in [0, 0.05) is 6.04 Å². The second-order valence-electron chi connectivity index (χ2n) is 4.69. The topological polar surface area (TPSA) is 68.3 Å².